The summed E-state index contributed by atoms with van der Waals surface area (Å²) in [6.07, 6.45) is 1.47. The van der Waals surface area contributed by atoms with Crippen molar-refractivity contribution in [1.29, 1.82) is 0 Å². The second-order valence-electron chi connectivity index (χ2n) is 8.98. The zero-order chi connectivity index (χ0) is 23.3. The maximum atomic E-state index is 12.6. The van der Waals surface area contributed by atoms with Crippen LogP contribution in [0.4, 0.5) is 4.79 Å². The van der Waals surface area contributed by atoms with Crippen LogP contribution in [-0.2, 0) is 20.9 Å². The Morgan fingerprint density at radius 1 is 1.12 bits per heavy atom. The second-order valence-corrected chi connectivity index (χ2v) is 8.98. The number of oxazole rings is 1. The van der Waals surface area contributed by atoms with Crippen molar-refractivity contribution >= 4 is 23.3 Å². The lowest BCUT2D eigenvalue weighted by atomic mass is 10.0. The molecule has 1 atom stereocenters. The molecular formula is C24H29N3O5. The molecule has 32 heavy (non-hydrogen) atoms. The molecule has 0 radical (unpaired) electrons. The summed E-state index contributed by atoms with van der Waals surface area (Å²) < 4.78 is 16.4. The summed E-state index contributed by atoms with van der Waals surface area (Å²) in [5, 5.41) is 2.62. The van der Waals surface area contributed by atoms with E-state index >= 15 is 0 Å². The molecule has 0 saturated heterocycles. The molecule has 2 aromatic heterocycles. The van der Waals surface area contributed by atoms with E-state index in [0.717, 1.165) is 11.1 Å². The van der Waals surface area contributed by atoms with Gasteiger partial charge >= 0.3 is 12.1 Å². The number of pyridine rings is 1. The zero-order valence-corrected chi connectivity index (χ0v) is 19.0. The summed E-state index contributed by atoms with van der Waals surface area (Å²) in [7, 11) is 0. The molecule has 0 spiro atoms. The first-order valence-corrected chi connectivity index (χ1v) is 10.6. The molecule has 0 bridgehead atoms. The van der Waals surface area contributed by atoms with Gasteiger partial charge in [0.25, 0.3) is 0 Å². The van der Waals surface area contributed by atoms with Gasteiger partial charge in [-0.2, -0.15) is 4.98 Å². The van der Waals surface area contributed by atoms with Crippen LogP contribution in [0.1, 0.15) is 46.6 Å². The molecule has 1 N–H and O–H groups in total. The van der Waals surface area contributed by atoms with Crippen molar-refractivity contribution in [2.45, 2.75) is 59.3 Å². The van der Waals surface area contributed by atoms with Gasteiger partial charge in [-0.05, 0) is 62.9 Å². The van der Waals surface area contributed by atoms with E-state index < -0.39 is 23.7 Å². The lowest BCUT2D eigenvalue weighted by Crippen LogP contribution is -2.44. The monoisotopic (exact) mass is 439 g/mol. The van der Waals surface area contributed by atoms with Crippen LogP contribution < -0.4 is 5.32 Å². The Balaban J connectivity index is 1.60. The SMILES string of the molecule is CC(C)C[C@H](NC(=O)OC(C)(C)C)C(=O)OCc1ccc(-c2nc3ncccc3o2)cc1. The molecule has 1 amide bonds. The van der Waals surface area contributed by atoms with Gasteiger partial charge in [0.1, 0.15) is 18.2 Å². The summed E-state index contributed by atoms with van der Waals surface area (Å²) in [5.41, 5.74) is 2.12. The molecular weight excluding hydrogens is 410 g/mol. The molecule has 0 aliphatic carbocycles. The Hall–Kier alpha value is -3.42. The minimum Gasteiger partial charge on any atom is -0.459 e. The number of amides is 1. The molecule has 8 heteroatoms. The van der Waals surface area contributed by atoms with E-state index in [9.17, 15) is 9.59 Å². The van der Waals surface area contributed by atoms with E-state index in [-0.39, 0.29) is 12.5 Å². The Kier molecular flexibility index (Phi) is 7.12. The van der Waals surface area contributed by atoms with Gasteiger partial charge in [-0.3, -0.25) is 0 Å². The van der Waals surface area contributed by atoms with Gasteiger partial charge in [-0.25, -0.2) is 14.6 Å². The Bertz CT molecular complexity index is 1030. The van der Waals surface area contributed by atoms with Gasteiger partial charge < -0.3 is 19.2 Å². The van der Waals surface area contributed by atoms with Gasteiger partial charge in [0, 0.05) is 11.8 Å². The number of aromatic nitrogens is 2. The van der Waals surface area contributed by atoms with Gasteiger partial charge in [0.15, 0.2) is 11.2 Å². The molecule has 1 aromatic carbocycles. The largest absolute Gasteiger partial charge is 0.459 e. The summed E-state index contributed by atoms with van der Waals surface area (Å²) in [6.45, 7) is 9.32. The summed E-state index contributed by atoms with van der Waals surface area (Å²) in [4.78, 5) is 33.3. The van der Waals surface area contributed by atoms with Crippen LogP contribution in [0.15, 0.2) is 47.0 Å². The average molecular weight is 440 g/mol. The first-order chi connectivity index (χ1) is 15.1. The van der Waals surface area contributed by atoms with Crippen LogP contribution in [-0.4, -0.2) is 33.7 Å². The van der Waals surface area contributed by atoms with Crippen molar-refractivity contribution in [1.82, 2.24) is 15.3 Å². The molecule has 0 unspecified atom stereocenters. The van der Waals surface area contributed by atoms with Crippen molar-refractivity contribution in [3.63, 3.8) is 0 Å². The van der Waals surface area contributed by atoms with Gasteiger partial charge in [0.2, 0.25) is 5.89 Å². The van der Waals surface area contributed by atoms with Crippen LogP contribution in [0.3, 0.4) is 0 Å². The average Bonchev–Trinajstić information content (AvgIpc) is 3.14. The molecule has 3 rings (SSSR count). The smallest absolute Gasteiger partial charge is 0.408 e. The van der Waals surface area contributed by atoms with Crippen LogP contribution in [0.5, 0.6) is 0 Å². The fourth-order valence-electron chi connectivity index (χ4n) is 3.03. The van der Waals surface area contributed by atoms with E-state index in [2.05, 4.69) is 15.3 Å². The summed E-state index contributed by atoms with van der Waals surface area (Å²) in [5.74, 6) is 0.159. The highest BCUT2D eigenvalue weighted by molar-refractivity contribution is 5.81. The number of esters is 1. The van der Waals surface area contributed by atoms with Crippen LogP contribution in [0.25, 0.3) is 22.7 Å². The van der Waals surface area contributed by atoms with Crippen molar-refractivity contribution in [2.24, 2.45) is 5.92 Å². The molecule has 3 aromatic rings. The Labute approximate surface area is 187 Å². The molecule has 2 heterocycles. The predicted molar refractivity (Wildman–Crippen MR) is 120 cm³/mol. The number of ether oxygens (including phenoxy) is 2. The normalized spacial score (nSPS) is 12.6. The fraction of sp³-hybridized carbons (Fsp3) is 0.417. The number of nitrogens with one attached hydrogen (secondary N) is 1. The van der Waals surface area contributed by atoms with E-state index in [1.54, 1.807) is 33.0 Å². The van der Waals surface area contributed by atoms with Crippen LogP contribution in [0, 0.1) is 5.92 Å². The van der Waals surface area contributed by atoms with Gasteiger partial charge in [-0.15, -0.1) is 0 Å². The molecule has 170 valence electrons. The number of nitrogens with zero attached hydrogens (tertiary/aromatic N) is 2. The van der Waals surface area contributed by atoms with Crippen LogP contribution in [0.2, 0.25) is 0 Å². The van der Waals surface area contributed by atoms with Crippen molar-refractivity contribution in [3.8, 4) is 11.5 Å². The lowest BCUT2D eigenvalue weighted by molar-refractivity contribution is -0.148. The third-order valence-electron chi connectivity index (χ3n) is 4.43. The molecule has 0 aliphatic rings. The third kappa shape index (κ3) is 6.54. The molecule has 0 fully saturated rings. The standard InChI is InChI=1S/C24H29N3O5/c1-15(2)13-18(26-23(29)32-24(3,4)5)22(28)30-14-16-8-10-17(11-9-16)21-27-20-19(31-21)7-6-12-25-20/h6-12,15,18H,13-14H2,1-5H3,(H,26,29)/t18-/m0/s1. The summed E-state index contributed by atoms with van der Waals surface area (Å²) in [6, 6.07) is 10.2. The van der Waals surface area contributed by atoms with E-state index in [1.165, 1.54) is 0 Å². The number of benzene rings is 1. The zero-order valence-electron chi connectivity index (χ0n) is 19.0. The minimum absolute atomic E-state index is 0.0822. The highest BCUT2D eigenvalue weighted by Crippen LogP contribution is 2.23. The topological polar surface area (TPSA) is 104 Å². The third-order valence-corrected chi connectivity index (χ3v) is 4.43. The molecule has 8 nitrogen and oxygen atoms in total. The first-order valence-electron chi connectivity index (χ1n) is 10.6. The number of carbonyl (C=O) groups is 2. The second kappa shape index (κ2) is 9.80. The number of hydrogen-bond acceptors (Lipinski definition) is 7. The van der Waals surface area contributed by atoms with Gasteiger partial charge in [-0.1, -0.05) is 26.0 Å². The quantitative estimate of drug-likeness (QED) is 0.524. The first kappa shape index (κ1) is 23.2. The maximum Gasteiger partial charge on any atom is 0.408 e. The minimum atomic E-state index is -0.781. The Morgan fingerprint density at radius 3 is 2.47 bits per heavy atom. The number of carbonyl (C=O) groups excluding carboxylic acids is 2. The molecule has 0 aliphatic heterocycles. The van der Waals surface area contributed by atoms with Gasteiger partial charge in [0.05, 0.1) is 0 Å². The summed E-state index contributed by atoms with van der Waals surface area (Å²) >= 11 is 0. The predicted octanol–water partition coefficient (Wildman–Crippen LogP) is 4.87. The Morgan fingerprint density at radius 2 is 1.84 bits per heavy atom. The van der Waals surface area contributed by atoms with E-state index in [1.807, 2.05) is 44.2 Å². The number of fused-ring (bicyclic) bond motifs is 1. The maximum absolute atomic E-state index is 12.6. The van der Waals surface area contributed by atoms with Crippen molar-refractivity contribution in [3.05, 3.63) is 48.2 Å². The highest BCUT2D eigenvalue weighted by atomic mass is 16.6. The lowest BCUT2D eigenvalue weighted by Gasteiger charge is -2.23. The van der Waals surface area contributed by atoms with Crippen molar-refractivity contribution in [2.75, 3.05) is 0 Å². The number of hydrogen-bond donors (Lipinski definition) is 1. The van der Waals surface area contributed by atoms with Crippen molar-refractivity contribution < 1.29 is 23.5 Å². The molecule has 0 saturated carbocycles. The highest BCUT2D eigenvalue weighted by Gasteiger charge is 2.26. The van der Waals surface area contributed by atoms with E-state index in [4.69, 9.17) is 13.9 Å². The number of alkyl carbamates (subject to hydrolysis) is 1. The van der Waals surface area contributed by atoms with E-state index in [0.29, 0.717) is 23.5 Å². The number of rotatable bonds is 7. The van der Waals surface area contributed by atoms with Crippen LogP contribution >= 0.6 is 0 Å². The fourth-order valence-corrected chi connectivity index (χ4v) is 3.03.